The van der Waals surface area contributed by atoms with Gasteiger partial charge in [0.15, 0.2) is 0 Å². The Balaban J connectivity index is 2.18. The van der Waals surface area contributed by atoms with Crippen LogP contribution in [0.2, 0.25) is 0 Å². The Bertz CT molecular complexity index is 245. The Kier molecular flexibility index (Phi) is 3.98. The highest BCUT2D eigenvalue weighted by Crippen LogP contribution is 1.99. The fourth-order valence-electron chi connectivity index (χ4n) is 0.903. The average molecular weight is 182 g/mol. The third-order valence-corrected chi connectivity index (χ3v) is 1.49. The van der Waals surface area contributed by atoms with Gasteiger partial charge in [0, 0.05) is 6.20 Å². The van der Waals surface area contributed by atoms with Gasteiger partial charge in [-0.05, 0) is 13.0 Å². The maximum Gasteiger partial charge on any atom is 0.238 e. The Labute approximate surface area is 76.9 Å². The Morgan fingerprint density at radius 2 is 2.54 bits per heavy atom. The largest absolute Gasteiger partial charge is 0.322 e. The molecule has 0 fully saturated rings. The first-order valence-electron chi connectivity index (χ1n) is 4.32. The number of nitrogens with zero attached hydrogens (tertiary/aromatic N) is 1. The van der Waals surface area contributed by atoms with Crippen LogP contribution in [-0.2, 0) is 4.79 Å². The van der Waals surface area contributed by atoms with Crippen LogP contribution in [0.5, 0.6) is 0 Å². The molecular weight excluding hydrogens is 168 g/mol. The van der Waals surface area contributed by atoms with Crippen molar-refractivity contribution in [2.75, 3.05) is 18.4 Å². The second kappa shape index (κ2) is 5.31. The number of aromatic amines is 1. The second-order valence-corrected chi connectivity index (χ2v) is 2.71. The number of nitrogens with one attached hydrogen (secondary N) is 3. The van der Waals surface area contributed by atoms with Crippen LogP contribution >= 0.6 is 0 Å². The molecule has 3 N–H and O–H groups in total. The molecule has 0 spiro atoms. The molecule has 1 rings (SSSR count). The van der Waals surface area contributed by atoms with Crippen molar-refractivity contribution >= 4 is 11.6 Å². The summed E-state index contributed by atoms with van der Waals surface area (Å²) in [6, 6.07) is 0. The van der Waals surface area contributed by atoms with E-state index in [0.717, 1.165) is 13.0 Å². The highest BCUT2D eigenvalue weighted by atomic mass is 16.1. The molecule has 0 unspecified atom stereocenters. The normalized spacial score (nSPS) is 9.92. The number of anilines is 1. The predicted molar refractivity (Wildman–Crippen MR) is 50.4 cm³/mol. The van der Waals surface area contributed by atoms with Crippen molar-refractivity contribution in [1.82, 2.24) is 15.5 Å². The quantitative estimate of drug-likeness (QED) is 0.575. The molecule has 0 aliphatic rings. The Morgan fingerprint density at radius 3 is 3.15 bits per heavy atom. The van der Waals surface area contributed by atoms with Crippen molar-refractivity contribution in [2.24, 2.45) is 0 Å². The molecule has 0 aliphatic carbocycles. The van der Waals surface area contributed by atoms with Crippen LogP contribution in [0.25, 0.3) is 0 Å². The molecule has 0 aliphatic heterocycles. The van der Waals surface area contributed by atoms with Crippen LogP contribution in [0.4, 0.5) is 5.69 Å². The highest BCUT2D eigenvalue weighted by molar-refractivity contribution is 5.91. The summed E-state index contributed by atoms with van der Waals surface area (Å²) in [6.45, 7) is 3.26. The van der Waals surface area contributed by atoms with Crippen LogP contribution < -0.4 is 10.6 Å². The molecule has 0 aromatic carbocycles. The third kappa shape index (κ3) is 3.71. The number of hydrogen-bond acceptors (Lipinski definition) is 3. The van der Waals surface area contributed by atoms with Gasteiger partial charge in [-0.25, -0.2) is 0 Å². The van der Waals surface area contributed by atoms with E-state index in [4.69, 9.17) is 0 Å². The fraction of sp³-hybridized carbons (Fsp3) is 0.500. The molecule has 1 aromatic rings. The molecule has 0 saturated heterocycles. The van der Waals surface area contributed by atoms with Crippen LogP contribution in [0, 0.1) is 0 Å². The number of amides is 1. The van der Waals surface area contributed by atoms with E-state index >= 15 is 0 Å². The van der Waals surface area contributed by atoms with Crippen molar-refractivity contribution in [1.29, 1.82) is 0 Å². The predicted octanol–water partition coefficient (Wildman–Crippen LogP) is 0.348. The van der Waals surface area contributed by atoms with Crippen LogP contribution in [0.3, 0.4) is 0 Å². The molecule has 0 atom stereocenters. The number of H-pyrrole nitrogens is 1. The average Bonchev–Trinajstić information content (AvgIpc) is 2.57. The standard InChI is InChI=1S/C8H14N4O/c1-2-3-9-6-8(13)12-7-4-10-11-5-7/h4-5,9H,2-3,6H2,1H3,(H,10,11)(H,12,13). The van der Waals surface area contributed by atoms with Gasteiger partial charge in [-0.2, -0.15) is 5.10 Å². The van der Waals surface area contributed by atoms with Crippen molar-refractivity contribution in [3.05, 3.63) is 12.4 Å². The number of aromatic nitrogens is 2. The van der Waals surface area contributed by atoms with Gasteiger partial charge in [-0.15, -0.1) is 0 Å². The summed E-state index contributed by atoms with van der Waals surface area (Å²) in [4.78, 5) is 11.2. The van der Waals surface area contributed by atoms with Gasteiger partial charge in [0.2, 0.25) is 5.91 Å². The summed E-state index contributed by atoms with van der Waals surface area (Å²) in [5, 5.41) is 12.0. The summed E-state index contributed by atoms with van der Waals surface area (Å²) in [7, 11) is 0. The molecule has 1 aromatic heterocycles. The zero-order valence-corrected chi connectivity index (χ0v) is 7.63. The van der Waals surface area contributed by atoms with Crippen LogP contribution in [0.1, 0.15) is 13.3 Å². The molecule has 72 valence electrons. The smallest absolute Gasteiger partial charge is 0.238 e. The number of rotatable bonds is 5. The van der Waals surface area contributed by atoms with Gasteiger partial charge in [-0.3, -0.25) is 9.89 Å². The Hall–Kier alpha value is -1.36. The maximum absolute atomic E-state index is 11.2. The second-order valence-electron chi connectivity index (χ2n) is 2.71. The zero-order chi connectivity index (χ0) is 9.52. The molecule has 0 radical (unpaired) electrons. The molecule has 5 heteroatoms. The molecule has 5 nitrogen and oxygen atoms in total. The minimum absolute atomic E-state index is 0.0464. The molecule has 13 heavy (non-hydrogen) atoms. The highest BCUT2D eigenvalue weighted by Gasteiger charge is 2.00. The first kappa shape index (κ1) is 9.73. The number of carbonyl (C=O) groups excluding carboxylic acids is 1. The third-order valence-electron chi connectivity index (χ3n) is 1.49. The summed E-state index contributed by atoms with van der Waals surface area (Å²) < 4.78 is 0. The lowest BCUT2D eigenvalue weighted by molar-refractivity contribution is -0.115. The van der Waals surface area contributed by atoms with Crippen molar-refractivity contribution in [3.8, 4) is 0 Å². The summed E-state index contributed by atoms with van der Waals surface area (Å²) >= 11 is 0. The van der Waals surface area contributed by atoms with Gasteiger partial charge < -0.3 is 10.6 Å². The van der Waals surface area contributed by atoms with Gasteiger partial charge in [0.1, 0.15) is 0 Å². The molecule has 0 saturated carbocycles. The molecule has 1 heterocycles. The van der Waals surface area contributed by atoms with E-state index in [1.807, 2.05) is 0 Å². The summed E-state index contributed by atoms with van der Waals surface area (Å²) in [5.41, 5.74) is 0.697. The number of carbonyl (C=O) groups is 1. The van der Waals surface area contributed by atoms with Crippen LogP contribution in [-0.4, -0.2) is 29.2 Å². The van der Waals surface area contributed by atoms with Gasteiger partial charge >= 0.3 is 0 Å². The zero-order valence-electron chi connectivity index (χ0n) is 7.63. The summed E-state index contributed by atoms with van der Waals surface area (Å²) in [5.74, 6) is -0.0464. The lowest BCUT2D eigenvalue weighted by atomic mass is 10.4. The first-order valence-corrected chi connectivity index (χ1v) is 4.32. The van der Waals surface area contributed by atoms with E-state index in [9.17, 15) is 4.79 Å². The first-order chi connectivity index (χ1) is 6.33. The van der Waals surface area contributed by atoms with E-state index in [1.54, 1.807) is 12.4 Å². The van der Waals surface area contributed by atoms with Crippen molar-refractivity contribution in [2.45, 2.75) is 13.3 Å². The van der Waals surface area contributed by atoms with E-state index in [0.29, 0.717) is 12.2 Å². The summed E-state index contributed by atoms with van der Waals surface area (Å²) in [6.07, 6.45) is 4.23. The molecule has 1 amide bonds. The van der Waals surface area contributed by atoms with Gasteiger partial charge in [0.25, 0.3) is 0 Å². The fourth-order valence-corrected chi connectivity index (χ4v) is 0.903. The lowest BCUT2D eigenvalue weighted by Gasteiger charge is -2.02. The topological polar surface area (TPSA) is 69.8 Å². The van der Waals surface area contributed by atoms with Crippen molar-refractivity contribution < 1.29 is 4.79 Å². The SMILES string of the molecule is CCCNCC(=O)Nc1cn[nH]c1. The van der Waals surface area contributed by atoms with Crippen molar-refractivity contribution in [3.63, 3.8) is 0 Å². The monoisotopic (exact) mass is 182 g/mol. The van der Waals surface area contributed by atoms with E-state index < -0.39 is 0 Å². The minimum Gasteiger partial charge on any atom is -0.322 e. The van der Waals surface area contributed by atoms with E-state index in [-0.39, 0.29) is 5.91 Å². The Morgan fingerprint density at radius 1 is 1.69 bits per heavy atom. The molecular formula is C8H14N4O. The van der Waals surface area contributed by atoms with E-state index in [1.165, 1.54) is 0 Å². The van der Waals surface area contributed by atoms with Crippen LogP contribution in [0.15, 0.2) is 12.4 Å². The minimum atomic E-state index is -0.0464. The number of hydrogen-bond donors (Lipinski definition) is 3. The lowest BCUT2D eigenvalue weighted by Crippen LogP contribution is -2.28. The van der Waals surface area contributed by atoms with E-state index in [2.05, 4.69) is 27.8 Å². The van der Waals surface area contributed by atoms with Gasteiger partial charge in [-0.1, -0.05) is 6.92 Å². The maximum atomic E-state index is 11.2. The molecule has 0 bridgehead atoms. The van der Waals surface area contributed by atoms with Gasteiger partial charge in [0.05, 0.1) is 18.4 Å².